The van der Waals surface area contributed by atoms with Gasteiger partial charge in [0.1, 0.15) is 12.4 Å². The first-order valence-corrected chi connectivity index (χ1v) is 11.4. The van der Waals surface area contributed by atoms with Gasteiger partial charge in [0.05, 0.1) is 22.5 Å². The molecular formula is C22H28N2O4S. The summed E-state index contributed by atoms with van der Waals surface area (Å²) in [4.78, 5) is 14.8. The predicted octanol–water partition coefficient (Wildman–Crippen LogP) is 4.04. The number of hydrogen-bond donors (Lipinski definition) is 1. The minimum absolute atomic E-state index is 0.00218. The summed E-state index contributed by atoms with van der Waals surface area (Å²) >= 11 is 0. The highest BCUT2D eigenvalue weighted by atomic mass is 32.2. The van der Waals surface area contributed by atoms with Crippen molar-refractivity contribution in [3.63, 3.8) is 0 Å². The van der Waals surface area contributed by atoms with Crippen LogP contribution >= 0.6 is 0 Å². The number of sulfonamides is 1. The quantitative estimate of drug-likeness (QED) is 0.771. The molecule has 0 saturated heterocycles. The van der Waals surface area contributed by atoms with E-state index in [1.54, 1.807) is 35.2 Å². The highest BCUT2D eigenvalue weighted by Crippen LogP contribution is 2.38. The van der Waals surface area contributed by atoms with Crippen LogP contribution in [0.3, 0.4) is 0 Å². The molecule has 1 heterocycles. The zero-order valence-corrected chi connectivity index (χ0v) is 18.1. The number of ether oxygens (including phenoxy) is 1. The van der Waals surface area contributed by atoms with E-state index in [2.05, 4.69) is 18.6 Å². The van der Waals surface area contributed by atoms with E-state index in [-0.39, 0.29) is 24.2 Å². The normalized spacial score (nSPS) is 16.2. The van der Waals surface area contributed by atoms with Crippen molar-refractivity contribution in [1.29, 1.82) is 0 Å². The summed E-state index contributed by atoms with van der Waals surface area (Å²) in [5, 5.41) is 0. The van der Waals surface area contributed by atoms with Crippen LogP contribution in [0, 0.1) is 11.3 Å². The van der Waals surface area contributed by atoms with Gasteiger partial charge in [-0.1, -0.05) is 44.2 Å². The Labute approximate surface area is 172 Å². The number of carbonyl (C=O) groups excluding carboxylic acids is 1. The van der Waals surface area contributed by atoms with Crippen molar-refractivity contribution in [2.45, 2.75) is 33.4 Å². The maximum Gasteiger partial charge on any atom is 0.236 e. The number of anilines is 2. The van der Waals surface area contributed by atoms with Gasteiger partial charge in [-0.25, -0.2) is 8.42 Å². The lowest BCUT2D eigenvalue weighted by atomic mass is 9.92. The monoisotopic (exact) mass is 416 g/mol. The van der Waals surface area contributed by atoms with Gasteiger partial charge >= 0.3 is 0 Å². The molecule has 7 heteroatoms. The van der Waals surface area contributed by atoms with Crippen LogP contribution in [0.25, 0.3) is 0 Å². The first-order valence-electron chi connectivity index (χ1n) is 9.71. The molecule has 29 heavy (non-hydrogen) atoms. The molecule has 0 unspecified atom stereocenters. The second-order valence-corrected chi connectivity index (χ2v) is 10.2. The van der Waals surface area contributed by atoms with Gasteiger partial charge in [0, 0.05) is 12.6 Å². The van der Waals surface area contributed by atoms with Gasteiger partial charge in [-0.15, -0.1) is 0 Å². The standard InChI is InChI=1S/C22H28N2O4S/c1-16(2)13-24-19-11-10-18(12-20(19)28-15-22(3,4)21(24)25)23-29(26,27)14-17-8-6-5-7-9-17/h5-12,16,23H,13-15H2,1-4H3. The number of nitrogens with zero attached hydrogens (tertiary/aromatic N) is 1. The summed E-state index contributed by atoms with van der Waals surface area (Å²) in [5.41, 5.74) is 1.12. The van der Waals surface area contributed by atoms with Crippen LogP contribution < -0.4 is 14.4 Å². The topological polar surface area (TPSA) is 75.7 Å². The predicted molar refractivity (Wildman–Crippen MR) is 116 cm³/mol. The lowest BCUT2D eigenvalue weighted by Gasteiger charge is -2.29. The van der Waals surface area contributed by atoms with Crippen molar-refractivity contribution in [1.82, 2.24) is 0 Å². The summed E-state index contributed by atoms with van der Waals surface area (Å²) in [6, 6.07) is 14.1. The minimum atomic E-state index is -3.58. The Morgan fingerprint density at radius 2 is 1.83 bits per heavy atom. The molecule has 1 amide bonds. The molecule has 0 saturated carbocycles. The van der Waals surface area contributed by atoms with Crippen molar-refractivity contribution in [3.05, 3.63) is 54.1 Å². The van der Waals surface area contributed by atoms with E-state index in [9.17, 15) is 13.2 Å². The number of rotatable bonds is 6. The summed E-state index contributed by atoms with van der Waals surface area (Å²) in [7, 11) is -3.58. The molecular weight excluding hydrogens is 388 g/mol. The third-order valence-electron chi connectivity index (χ3n) is 4.68. The van der Waals surface area contributed by atoms with Gasteiger partial charge in [0.15, 0.2) is 0 Å². The van der Waals surface area contributed by atoms with Crippen molar-refractivity contribution >= 4 is 27.3 Å². The van der Waals surface area contributed by atoms with Crippen LogP contribution in [0.15, 0.2) is 48.5 Å². The van der Waals surface area contributed by atoms with Gasteiger partial charge in [0.2, 0.25) is 15.9 Å². The Morgan fingerprint density at radius 3 is 2.48 bits per heavy atom. The molecule has 0 aromatic heterocycles. The van der Waals surface area contributed by atoms with Gasteiger partial charge < -0.3 is 9.64 Å². The second kappa shape index (κ2) is 8.06. The second-order valence-electron chi connectivity index (χ2n) is 8.51. The average Bonchev–Trinajstić information content (AvgIpc) is 2.72. The van der Waals surface area contributed by atoms with E-state index in [0.717, 1.165) is 0 Å². The molecule has 6 nitrogen and oxygen atoms in total. The van der Waals surface area contributed by atoms with Crippen molar-refractivity contribution in [3.8, 4) is 5.75 Å². The fourth-order valence-corrected chi connectivity index (χ4v) is 4.46. The van der Waals surface area contributed by atoms with Crippen LogP contribution in [-0.4, -0.2) is 27.5 Å². The average molecular weight is 417 g/mol. The SMILES string of the molecule is CC(C)CN1C(=O)C(C)(C)COc2cc(NS(=O)(=O)Cc3ccccc3)ccc21. The summed E-state index contributed by atoms with van der Waals surface area (Å²) < 4.78 is 33.6. The Morgan fingerprint density at radius 1 is 1.14 bits per heavy atom. The molecule has 0 spiro atoms. The third kappa shape index (κ3) is 5.09. The fraction of sp³-hybridized carbons (Fsp3) is 0.409. The number of nitrogens with one attached hydrogen (secondary N) is 1. The molecule has 0 bridgehead atoms. The zero-order valence-electron chi connectivity index (χ0n) is 17.3. The Hall–Kier alpha value is -2.54. The summed E-state index contributed by atoms with van der Waals surface area (Å²) in [5.74, 6) is 0.674. The molecule has 2 aromatic carbocycles. The largest absolute Gasteiger partial charge is 0.490 e. The van der Waals surface area contributed by atoms with Crippen LogP contribution in [0.1, 0.15) is 33.3 Å². The van der Waals surface area contributed by atoms with Gasteiger partial charge in [-0.2, -0.15) is 0 Å². The van der Waals surface area contributed by atoms with Crippen molar-refractivity contribution < 1.29 is 17.9 Å². The first kappa shape index (κ1) is 21.2. The summed E-state index contributed by atoms with van der Waals surface area (Å²) in [6.45, 7) is 8.62. The van der Waals surface area contributed by atoms with E-state index >= 15 is 0 Å². The molecule has 3 rings (SSSR count). The molecule has 1 aliphatic heterocycles. The lowest BCUT2D eigenvalue weighted by molar-refractivity contribution is -0.127. The Balaban J connectivity index is 1.88. The highest BCUT2D eigenvalue weighted by Gasteiger charge is 2.38. The fourth-order valence-electron chi connectivity index (χ4n) is 3.27. The van der Waals surface area contributed by atoms with Crippen molar-refractivity contribution in [2.24, 2.45) is 11.3 Å². The number of fused-ring (bicyclic) bond motifs is 1. The third-order valence-corrected chi connectivity index (χ3v) is 5.94. The number of amides is 1. The zero-order chi connectivity index (χ0) is 21.2. The van der Waals surface area contributed by atoms with Crippen LogP contribution in [-0.2, 0) is 20.6 Å². The van der Waals surface area contributed by atoms with E-state index in [1.807, 2.05) is 32.0 Å². The van der Waals surface area contributed by atoms with E-state index in [1.165, 1.54) is 0 Å². The van der Waals surface area contributed by atoms with Gasteiger partial charge in [-0.3, -0.25) is 9.52 Å². The van der Waals surface area contributed by atoms with Gasteiger partial charge in [0.25, 0.3) is 0 Å². The molecule has 156 valence electrons. The van der Waals surface area contributed by atoms with Crippen LogP contribution in [0.4, 0.5) is 11.4 Å². The number of carbonyl (C=O) groups is 1. The maximum atomic E-state index is 13.0. The Bertz CT molecular complexity index is 985. The molecule has 1 aliphatic rings. The molecule has 0 fully saturated rings. The van der Waals surface area contributed by atoms with E-state index in [0.29, 0.717) is 29.2 Å². The molecule has 1 N–H and O–H groups in total. The number of hydrogen-bond acceptors (Lipinski definition) is 4. The summed E-state index contributed by atoms with van der Waals surface area (Å²) in [6.07, 6.45) is 0. The molecule has 0 aliphatic carbocycles. The Kier molecular flexibility index (Phi) is 5.89. The smallest absolute Gasteiger partial charge is 0.236 e. The van der Waals surface area contributed by atoms with Crippen LogP contribution in [0.5, 0.6) is 5.75 Å². The first-order chi connectivity index (χ1) is 13.6. The molecule has 0 radical (unpaired) electrons. The minimum Gasteiger partial charge on any atom is -0.490 e. The van der Waals surface area contributed by atoms with E-state index < -0.39 is 15.4 Å². The molecule has 0 atom stereocenters. The molecule has 2 aromatic rings. The van der Waals surface area contributed by atoms with Crippen molar-refractivity contribution in [2.75, 3.05) is 22.8 Å². The highest BCUT2D eigenvalue weighted by molar-refractivity contribution is 7.91. The van der Waals surface area contributed by atoms with E-state index in [4.69, 9.17) is 4.74 Å². The lowest BCUT2D eigenvalue weighted by Crippen LogP contribution is -2.43. The van der Waals surface area contributed by atoms with Gasteiger partial charge in [-0.05, 0) is 37.5 Å². The van der Waals surface area contributed by atoms with Crippen LogP contribution in [0.2, 0.25) is 0 Å². The number of benzene rings is 2. The maximum absolute atomic E-state index is 13.0.